The molecule has 2 aliphatic heterocycles. The summed E-state index contributed by atoms with van der Waals surface area (Å²) >= 11 is 5.11. The Morgan fingerprint density at radius 1 is 0.324 bits per heavy atom. The Labute approximate surface area is 423 Å². The number of ether oxygens (including phenoxy) is 4. The molecule has 0 aromatic heterocycles. The van der Waals surface area contributed by atoms with Gasteiger partial charge in [-0.15, -0.1) is 0 Å². The Hall–Kier alpha value is -3.32. The standard InChI is InChI=1S/C56H76O8S4/c1-5-9-13-17-21-29-37-61-51(57)47-48(52(58)62-38-30-22-18-14-10-6-2)66-55(65-47)45-41-33-25-27-35-43(41)46(44-36-28-26-34-42(44)45)56-67-49(53(59)63-39-31-23-19-15-11-7-3)50(68-56)54(60)64-40-32-24-20-16-12-8-4/h25-28,33-36H,5-24,29-32,37-40H2,1-4H3. The first kappa shape index (κ1) is 55.6. The van der Waals surface area contributed by atoms with E-state index in [0.29, 0.717) is 26.4 Å². The first-order chi connectivity index (χ1) is 33.3. The molecule has 2 aliphatic rings. The van der Waals surface area contributed by atoms with Crippen molar-refractivity contribution in [2.24, 2.45) is 0 Å². The topological polar surface area (TPSA) is 105 Å². The molecule has 0 unspecified atom stereocenters. The Bertz CT molecular complexity index is 2010. The van der Waals surface area contributed by atoms with Crippen molar-refractivity contribution in [2.45, 2.75) is 182 Å². The lowest BCUT2D eigenvalue weighted by atomic mass is 9.99. The van der Waals surface area contributed by atoms with Gasteiger partial charge in [-0.1, -0.05) is 252 Å². The van der Waals surface area contributed by atoms with Gasteiger partial charge >= 0.3 is 23.9 Å². The van der Waals surface area contributed by atoms with Crippen molar-refractivity contribution in [1.29, 1.82) is 0 Å². The van der Waals surface area contributed by atoms with Crippen molar-refractivity contribution < 1.29 is 38.1 Å². The molecule has 0 spiro atoms. The van der Waals surface area contributed by atoms with Gasteiger partial charge in [-0.2, -0.15) is 0 Å². The third-order valence-corrected chi connectivity index (χ3v) is 17.3. The van der Waals surface area contributed by atoms with Crippen LogP contribution in [-0.2, 0) is 38.1 Å². The van der Waals surface area contributed by atoms with E-state index in [1.165, 1.54) is 124 Å². The van der Waals surface area contributed by atoms with Gasteiger partial charge in [0.1, 0.15) is 19.6 Å². The quantitative estimate of drug-likeness (QED) is 0.0257. The third-order valence-electron chi connectivity index (χ3n) is 12.2. The van der Waals surface area contributed by atoms with Crippen LogP contribution < -0.4 is 10.4 Å². The first-order valence-corrected chi connectivity index (χ1v) is 29.2. The number of carbonyl (C=O) groups excluding carboxylic acids is 4. The van der Waals surface area contributed by atoms with Gasteiger partial charge in [0.25, 0.3) is 0 Å². The lowest BCUT2D eigenvalue weighted by molar-refractivity contribution is -0.141. The van der Waals surface area contributed by atoms with Crippen LogP contribution in [0.5, 0.6) is 0 Å². The highest BCUT2D eigenvalue weighted by molar-refractivity contribution is 8.37. The van der Waals surface area contributed by atoms with Gasteiger partial charge in [0.05, 0.1) is 34.9 Å². The molecule has 0 fully saturated rings. The maximum Gasteiger partial charge on any atom is 0.346 e. The maximum atomic E-state index is 13.9. The molecule has 0 atom stereocenters. The normalized spacial score (nSPS) is 13.9. The average Bonchev–Trinajstić information content (AvgIpc) is 4.00. The number of carbonyl (C=O) groups is 4. The van der Waals surface area contributed by atoms with Gasteiger partial charge in [-0.05, 0) is 47.2 Å². The van der Waals surface area contributed by atoms with Gasteiger partial charge in [-0.25, -0.2) is 19.2 Å². The summed E-state index contributed by atoms with van der Waals surface area (Å²) in [5.74, 6) is -2.02. The molecule has 2 heterocycles. The highest BCUT2D eigenvalue weighted by Gasteiger charge is 2.36. The summed E-state index contributed by atoms with van der Waals surface area (Å²) in [6, 6.07) is 16.2. The highest BCUT2D eigenvalue weighted by Crippen LogP contribution is 2.53. The van der Waals surface area contributed by atoms with Crippen molar-refractivity contribution >= 4 is 101 Å². The Morgan fingerprint density at radius 3 is 0.750 bits per heavy atom. The molecule has 8 nitrogen and oxygen atoms in total. The van der Waals surface area contributed by atoms with Crippen molar-refractivity contribution in [1.82, 2.24) is 0 Å². The van der Waals surface area contributed by atoms with Crippen molar-refractivity contribution in [2.75, 3.05) is 26.4 Å². The number of esters is 4. The van der Waals surface area contributed by atoms with Crippen LogP contribution in [0.25, 0.3) is 30.0 Å². The minimum Gasteiger partial charge on any atom is -0.462 e. The second kappa shape index (κ2) is 31.8. The Morgan fingerprint density at radius 2 is 0.529 bits per heavy atom. The third kappa shape index (κ3) is 16.9. The largest absolute Gasteiger partial charge is 0.462 e. The van der Waals surface area contributed by atoms with Gasteiger partial charge < -0.3 is 18.9 Å². The minimum atomic E-state index is -0.505. The summed E-state index contributed by atoms with van der Waals surface area (Å²) in [7, 11) is 0. The highest BCUT2D eigenvalue weighted by atomic mass is 32.2. The van der Waals surface area contributed by atoms with E-state index in [1.807, 2.05) is 24.3 Å². The summed E-state index contributed by atoms with van der Waals surface area (Å²) in [6.45, 7) is 9.94. The molecule has 0 bridgehead atoms. The molecule has 0 saturated heterocycles. The van der Waals surface area contributed by atoms with E-state index in [4.69, 9.17) is 18.9 Å². The second-order valence-corrected chi connectivity index (χ2v) is 22.4. The summed E-state index contributed by atoms with van der Waals surface area (Å²) in [4.78, 5) is 56.7. The Balaban J connectivity index is 1.50. The van der Waals surface area contributed by atoms with E-state index in [1.54, 1.807) is 0 Å². The number of benzene rings is 3. The smallest absolute Gasteiger partial charge is 0.346 e. The molecule has 0 N–H and O–H groups in total. The predicted molar refractivity (Wildman–Crippen MR) is 289 cm³/mol. The molecule has 0 saturated carbocycles. The summed E-state index contributed by atoms with van der Waals surface area (Å²) < 4.78 is 25.0. The zero-order valence-corrected chi connectivity index (χ0v) is 44.6. The number of thioether (sulfide) groups is 4. The van der Waals surface area contributed by atoms with Crippen LogP contribution in [0.3, 0.4) is 0 Å². The lowest BCUT2D eigenvalue weighted by Crippen LogP contribution is -2.17. The molecule has 0 aliphatic carbocycles. The molecular formula is C56H76O8S4. The fourth-order valence-electron chi connectivity index (χ4n) is 8.36. The van der Waals surface area contributed by atoms with Crippen molar-refractivity contribution in [3.63, 3.8) is 0 Å². The summed E-state index contributed by atoms with van der Waals surface area (Å²) in [5, 5.41) is 5.45. The number of rotatable bonds is 32. The molecule has 5 rings (SSSR count). The van der Waals surface area contributed by atoms with Gasteiger partial charge in [0, 0.05) is 10.4 Å². The fraction of sp³-hybridized carbons (Fsp3) is 0.571. The number of hydrogen-bond donors (Lipinski definition) is 0. The SMILES string of the molecule is CCCCCCCCOC(=O)C1=C(C(=O)OCCCCCCCC)SC(=c2c3ccccc3c(=C3SC(C(=O)OCCCCCCCC)=C(C(=O)OCCCCCCCC)S3)c3ccccc23)S1. The van der Waals surface area contributed by atoms with Gasteiger partial charge in [0.15, 0.2) is 0 Å². The summed E-state index contributed by atoms with van der Waals surface area (Å²) in [5.41, 5.74) is 0. The van der Waals surface area contributed by atoms with E-state index in [-0.39, 0.29) is 19.6 Å². The van der Waals surface area contributed by atoms with Crippen LogP contribution >= 0.6 is 47.0 Å². The number of unbranched alkanes of at least 4 members (excludes halogenated alkanes) is 20. The van der Waals surface area contributed by atoms with Crippen molar-refractivity contribution in [3.8, 4) is 0 Å². The number of hydrogen-bond acceptors (Lipinski definition) is 12. The van der Waals surface area contributed by atoms with E-state index in [2.05, 4.69) is 52.0 Å². The van der Waals surface area contributed by atoms with Crippen LogP contribution in [0.2, 0.25) is 0 Å². The van der Waals surface area contributed by atoms with Crippen LogP contribution in [0.4, 0.5) is 0 Å². The van der Waals surface area contributed by atoms with E-state index in [0.717, 1.165) is 118 Å². The fourth-order valence-corrected chi connectivity index (χ4v) is 13.5. The number of fused-ring (bicyclic) bond motifs is 2. The molecule has 68 heavy (non-hydrogen) atoms. The van der Waals surface area contributed by atoms with Gasteiger partial charge in [0.2, 0.25) is 0 Å². The molecule has 3 aromatic rings. The Kier molecular flexibility index (Phi) is 26.0. The predicted octanol–water partition coefficient (Wildman–Crippen LogP) is 15.1. The second-order valence-electron chi connectivity index (χ2n) is 17.8. The van der Waals surface area contributed by atoms with E-state index < -0.39 is 23.9 Å². The monoisotopic (exact) mass is 1000 g/mol. The molecule has 3 aromatic carbocycles. The van der Waals surface area contributed by atoms with Crippen LogP contribution in [0, 0.1) is 0 Å². The van der Waals surface area contributed by atoms with E-state index >= 15 is 0 Å². The average molecular weight is 1010 g/mol. The molecule has 0 amide bonds. The zero-order valence-electron chi connectivity index (χ0n) is 41.3. The van der Waals surface area contributed by atoms with Crippen LogP contribution in [0.15, 0.2) is 68.2 Å². The minimum absolute atomic E-state index is 0.259. The van der Waals surface area contributed by atoms with Crippen LogP contribution in [0.1, 0.15) is 182 Å². The maximum absolute atomic E-state index is 13.9. The zero-order chi connectivity index (χ0) is 48.4. The lowest BCUT2D eigenvalue weighted by Gasteiger charge is -2.11. The summed E-state index contributed by atoms with van der Waals surface area (Å²) in [6.07, 6.45) is 25.6. The van der Waals surface area contributed by atoms with Crippen molar-refractivity contribution in [3.05, 3.63) is 78.6 Å². The van der Waals surface area contributed by atoms with Gasteiger partial charge in [-0.3, -0.25) is 0 Å². The van der Waals surface area contributed by atoms with Crippen LogP contribution in [-0.4, -0.2) is 50.3 Å². The molecule has 12 heteroatoms. The molecular weight excluding hydrogens is 929 g/mol. The molecule has 0 radical (unpaired) electrons. The molecule has 372 valence electrons. The van der Waals surface area contributed by atoms with E-state index in [9.17, 15) is 19.2 Å². The first-order valence-electron chi connectivity index (χ1n) is 25.9.